The second-order valence-corrected chi connectivity index (χ2v) is 6.92. The number of carbonyl (C=O) groups excluding carboxylic acids is 1. The first-order valence-corrected chi connectivity index (χ1v) is 9.84. The number of benzene rings is 3. The zero-order chi connectivity index (χ0) is 22.3. The van der Waals surface area contributed by atoms with Gasteiger partial charge in [0.25, 0.3) is 0 Å². The molecular formula is C24H23F3N2O2. The maximum atomic E-state index is 13.0. The molecule has 2 amide bonds. The summed E-state index contributed by atoms with van der Waals surface area (Å²) >= 11 is 0. The molecule has 0 unspecified atom stereocenters. The number of nitrogens with zero attached hydrogens (tertiary/aromatic N) is 1. The Hall–Kier alpha value is -3.48. The van der Waals surface area contributed by atoms with Gasteiger partial charge in [0.1, 0.15) is 5.75 Å². The maximum Gasteiger partial charge on any atom is 0.416 e. The summed E-state index contributed by atoms with van der Waals surface area (Å²) in [6, 6.07) is 20.9. The molecule has 4 nitrogen and oxygen atoms in total. The first-order chi connectivity index (χ1) is 14.8. The molecule has 0 saturated carbocycles. The zero-order valence-corrected chi connectivity index (χ0v) is 17.0. The van der Waals surface area contributed by atoms with E-state index in [4.69, 9.17) is 4.74 Å². The molecule has 0 spiro atoms. The average molecular weight is 428 g/mol. The van der Waals surface area contributed by atoms with Crippen LogP contribution < -0.4 is 10.1 Å². The molecule has 0 aliphatic rings. The van der Waals surface area contributed by atoms with Gasteiger partial charge < -0.3 is 15.0 Å². The molecule has 0 heterocycles. The summed E-state index contributed by atoms with van der Waals surface area (Å²) in [4.78, 5) is 14.5. The molecule has 0 radical (unpaired) electrons. The fourth-order valence-electron chi connectivity index (χ4n) is 3.03. The van der Waals surface area contributed by atoms with E-state index >= 15 is 0 Å². The van der Waals surface area contributed by atoms with Crippen LogP contribution in [0.3, 0.4) is 0 Å². The molecule has 3 rings (SSSR count). The molecule has 0 saturated heterocycles. The summed E-state index contributed by atoms with van der Waals surface area (Å²) in [5.41, 5.74) is 1.39. The van der Waals surface area contributed by atoms with Gasteiger partial charge in [-0.2, -0.15) is 13.2 Å². The van der Waals surface area contributed by atoms with E-state index in [0.29, 0.717) is 30.2 Å². The molecule has 0 aromatic heterocycles. The fraction of sp³-hybridized carbons (Fsp3) is 0.208. The van der Waals surface area contributed by atoms with Crippen LogP contribution in [0.4, 0.5) is 23.7 Å². The minimum atomic E-state index is -4.40. The van der Waals surface area contributed by atoms with E-state index in [-0.39, 0.29) is 12.6 Å². The third kappa shape index (κ3) is 6.50. The molecule has 0 aliphatic heterocycles. The lowest BCUT2D eigenvalue weighted by atomic mass is 10.1. The van der Waals surface area contributed by atoms with Crippen LogP contribution in [0.25, 0.3) is 0 Å². The SMILES string of the molecule is CCOc1ccc(NC(=O)N(Cc2ccccc2)Cc2ccc(C(F)(F)F)cc2)cc1. The van der Waals surface area contributed by atoms with Gasteiger partial charge in [-0.05, 0) is 54.4 Å². The van der Waals surface area contributed by atoms with Crippen LogP contribution in [-0.4, -0.2) is 17.5 Å². The molecule has 1 N–H and O–H groups in total. The van der Waals surface area contributed by atoms with Crippen molar-refractivity contribution in [2.75, 3.05) is 11.9 Å². The van der Waals surface area contributed by atoms with Gasteiger partial charge in [0.05, 0.1) is 12.2 Å². The minimum absolute atomic E-state index is 0.163. The molecule has 0 fully saturated rings. The van der Waals surface area contributed by atoms with E-state index in [9.17, 15) is 18.0 Å². The number of alkyl halides is 3. The molecule has 3 aromatic carbocycles. The lowest BCUT2D eigenvalue weighted by Gasteiger charge is -2.24. The third-order valence-corrected chi connectivity index (χ3v) is 4.57. The largest absolute Gasteiger partial charge is 0.494 e. The summed E-state index contributed by atoms with van der Waals surface area (Å²) in [6.07, 6.45) is -4.40. The standard InChI is InChI=1S/C24H23F3N2O2/c1-2-31-22-14-12-21(13-15-22)28-23(30)29(16-18-6-4-3-5-7-18)17-19-8-10-20(11-9-19)24(25,26)27/h3-15H,2,16-17H2,1H3,(H,28,30). The Balaban J connectivity index is 1.76. The summed E-state index contributed by atoms with van der Waals surface area (Å²) in [5, 5.41) is 2.84. The lowest BCUT2D eigenvalue weighted by Crippen LogP contribution is -2.34. The van der Waals surface area contributed by atoms with Crippen molar-refractivity contribution in [1.82, 2.24) is 4.90 Å². The van der Waals surface area contributed by atoms with Crippen molar-refractivity contribution in [3.63, 3.8) is 0 Å². The fourth-order valence-corrected chi connectivity index (χ4v) is 3.03. The number of hydrogen-bond acceptors (Lipinski definition) is 2. The molecule has 162 valence electrons. The van der Waals surface area contributed by atoms with Crippen molar-refractivity contribution in [2.45, 2.75) is 26.2 Å². The van der Waals surface area contributed by atoms with Crippen molar-refractivity contribution < 1.29 is 22.7 Å². The number of ether oxygens (including phenoxy) is 1. The Morgan fingerprint density at radius 3 is 2.00 bits per heavy atom. The minimum Gasteiger partial charge on any atom is -0.494 e. The quantitative estimate of drug-likeness (QED) is 0.477. The van der Waals surface area contributed by atoms with Crippen molar-refractivity contribution in [3.8, 4) is 5.75 Å². The predicted octanol–water partition coefficient (Wildman–Crippen LogP) is 6.34. The Morgan fingerprint density at radius 2 is 1.45 bits per heavy atom. The second kappa shape index (κ2) is 10.0. The summed E-state index contributed by atoms with van der Waals surface area (Å²) in [5.74, 6) is 0.700. The molecule has 7 heteroatoms. The van der Waals surface area contributed by atoms with Crippen molar-refractivity contribution in [2.24, 2.45) is 0 Å². The van der Waals surface area contributed by atoms with Gasteiger partial charge >= 0.3 is 12.2 Å². The molecule has 0 aliphatic carbocycles. The van der Waals surface area contributed by atoms with Gasteiger partial charge in [0, 0.05) is 18.8 Å². The van der Waals surface area contributed by atoms with Gasteiger partial charge in [0.2, 0.25) is 0 Å². The van der Waals surface area contributed by atoms with Crippen LogP contribution in [0.1, 0.15) is 23.6 Å². The highest BCUT2D eigenvalue weighted by atomic mass is 19.4. The molecular weight excluding hydrogens is 405 g/mol. The number of anilines is 1. The van der Waals surface area contributed by atoms with Crippen LogP contribution in [0, 0.1) is 0 Å². The van der Waals surface area contributed by atoms with Gasteiger partial charge in [-0.3, -0.25) is 0 Å². The van der Waals surface area contributed by atoms with E-state index in [1.807, 2.05) is 37.3 Å². The average Bonchev–Trinajstić information content (AvgIpc) is 2.75. The second-order valence-electron chi connectivity index (χ2n) is 6.92. The van der Waals surface area contributed by atoms with E-state index in [1.54, 1.807) is 29.2 Å². The molecule has 0 atom stereocenters. The Bertz CT molecular complexity index is 972. The Morgan fingerprint density at radius 1 is 0.871 bits per heavy atom. The van der Waals surface area contributed by atoms with Crippen LogP contribution in [-0.2, 0) is 19.3 Å². The number of carbonyl (C=O) groups is 1. The number of amides is 2. The number of hydrogen-bond donors (Lipinski definition) is 1. The van der Waals surface area contributed by atoms with Crippen LogP contribution >= 0.6 is 0 Å². The highest BCUT2D eigenvalue weighted by Crippen LogP contribution is 2.29. The number of halogens is 3. The lowest BCUT2D eigenvalue weighted by molar-refractivity contribution is -0.137. The highest BCUT2D eigenvalue weighted by Gasteiger charge is 2.30. The number of rotatable bonds is 7. The van der Waals surface area contributed by atoms with Crippen molar-refractivity contribution >= 4 is 11.7 Å². The van der Waals surface area contributed by atoms with E-state index in [1.165, 1.54) is 12.1 Å². The van der Waals surface area contributed by atoms with Crippen LogP contribution in [0.5, 0.6) is 5.75 Å². The number of nitrogens with one attached hydrogen (secondary N) is 1. The molecule has 3 aromatic rings. The van der Waals surface area contributed by atoms with Crippen LogP contribution in [0.15, 0.2) is 78.9 Å². The van der Waals surface area contributed by atoms with Crippen molar-refractivity contribution in [1.29, 1.82) is 0 Å². The van der Waals surface area contributed by atoms with Gasteiger partial charge in [-0.15, -0.1) is 0 Å². The van der Waals surface area contributed by atoms with Gasteiger partial charge in [-0.25, -0.2) is 4.79 Å². The summed E-state index contributed by atoms with van der Waals surface area (Å²) in [7, 11) is 0. The van der Waals surface area contributed by atoms with Crippen molar-refractivity contribution in [3.05, 3.63) is 95.6 Å². The summed E-state index contributed by atoms with van der Waals surface area (Å²) in [6.45, 7) is 2.91. The van der Waals surface area contributed by atoms with E-state index in [0.717, 1.165) is 17.7 Å². The van der Waals surface area contributed by atoms with E-state index < -0.39 is 11.7 Å². The third-order valence-electron chi connectivity index (χ3n) is 4.57. The first kappa shape index (κ1) is 22.2. The number of urea groups is 1. The molecule has 31 heavy (non-hydrogen) atoms. The Labute approximate surface area is 179 Å². The topological polar surface area (TPSA) is 41.6 Å². The van der Waals surface area contributed by atoms with E-state index in [2.05, 4.69) is 5.32 Å². The van der Waals surface area contributed by atoms with Gasteiger partial charge in [-0.1, -0.05) is 42.5 Å². The maximum absolute atomic E-state index is 13.0. The monoisotopic (exact) mass is 428 g/mol. The predicted molar refractivity (Wildman–Crippen MR) is 114 cm³/mol. The summed E-state index contributed by atoms with van der Waals surface area (Å²) < 4.78 is 43.9. The highest BCUT2D eigenvalue weighted by molar-refractivity contribution is 5.89. The normalized spacial score (nSPS) is 11.1. The van der Waals surface area contributed by atoms with Crippen LogP contribution in [0.2, 0.25) is 0 Å². The first-order valence-electron chi connectivity index (χ1n) is 9.84. The Kier molecular flexibility index (Phi) is 7.18. The zero-order valence-electron chi connectivity index (χ0n) is 17.0. The molecule has 0 bridgehead atoms. The smallest absolute Gasteiger partial charge is 0.416 e. The van der Waals surface area contributed by atoms with Gasteiger partial charge in [0.15, 0.2) is 0 Å².